The molecular formula is C17H20N4O5. The normalized spacial score (nSPS) is 16.2. The molecule has 0 aliphatic carbocycles. The van der Waals surface area contributed by atoms with E-state index in [1.165, 1.54) is 14.1 Å². The number of ether oxygens (including phenoxy) is 2. The predicted molar refractivity (Wildman–Crippen MR) is 95.2 cm³/mol. The second kappa shape index (κ2) is 6.58. The lowest BCUT2D eigenvalue weighted by Gasteiger charge is -2.16. The van der Waals surface area contributed by atoms with Crippen LogP contribution in [0.1, 0.15) is 23.6 Å². The van der Waals surface area contributed by atoms with Crippen LogP contribution in [0.3, 0.4) is 0 Å². The molecule has 0 radical (unpaired) electrons. The van der Waals surface area contributed by atoms with Gasteiger partial charge in [0.1, 0.15) is 17.1 Å². The maximum atomic E-state index is 12.5. The number of methoxy groups -OCH3 is 2. The highest BCUT2D eigenvalue weighted by Crippen LogP contribution is 2.34. The molecule has 3 rings (SSSR count). The van der Waals surface area contributed by atoms with Crippen molar-refractivity contribution in [1.82, 2.24) is 14.6 Å². The summed E-state index contributed by atoms with van der Waals surface area (Å²) in [5.41, 5.74) is 2.95. The standard InChI is InChI=1S/C17H20N4O5/c1-20-15(22)14(16(23)21(2)17(20)24)12-8-11(18-19-12)10-7-9(25-3)5-6-13(10)26-4/h5-7,11,18,22H,8H2,1-4H3/t11-/m0/s1. The first-order valence-corrected chi connectivity index (χ1v) is 7.92. The van der Waals surface area contributed by atoms with Gasteiger partial charge >= 0.3 is 5.69 Å². The minimum atomic E-state index is -0.603. The van der Waals surface area contributed by atoms with E-state index in [2.05, 4.69) is 10.5 Å². The van der Waals surface area contributed by atoms with E-state index in [1.54, 1.807) is 26.4 Å². The summed E-state index contributed by atoms with van der Waals surface area (Å²) in [6.45, 7) is 0. The summed E-state index contributed by atoms with van der Waals surface area (Å²) in [6, 6.07) is 5.13. The average molecular weight is 360 g/mol. The lowest BCUT2D eigenvalue weighted by Crippen LogP contribution is -2.39. The Kier molecular flexibility index (Phi) is 4.45. The van der Waals surface area contributed by atoms with E-state index in [-0.39, 0.29) is 11.6 Å². The zero-order chi connectivity index (χ0) is 19.0. The molecular weight excluding hydrogens is 340 g/mol. The van der Waals surface area contributed by atoms with Gasteiger partial charge in [0.15, 0.2) is 0 Å². The van der Waals surface area contributed by atoms with Crippen LogP contribution in [0.5, 0.6) is 17.4 Å². The van der Waals surface area contributed by atoms with Crippen molar-refractivity contribution >= 4 is 5.71 Å². The molecule has 0 amide bonds. The maximum absolute atomic E-state index is 12.5. The molecule has 1 aromatic heterocycles. The Morgan fingerprint density at radius 1 is 1.19 bits per heavy atom. The Morgan fingerprint density at radius 3 is 2.58 bits per heavy atom. The van der Waals surface area contributed by atoms with Gasteiger partial charge in [-0.2, -0.15) is 5.10 Å². The van der Waals surface area contributed by atoms with Crippen LogP contribution in [-0.2, 0) is 14.1 Å². The van der Waals surface area contributed by atoms with Crippen LogP contribution in [0, 0.1) is 0 Å². The van der Waals surface area contributed by atoms with Gasteiger partial charge < -0.3 is 20.0 Å². The summed E-state index contributed by atoms with van der Waals surface area (Å²) in [4.78, 5) is 24.3. The third-order valence-electron chi connectivity index (χ3n) is 4.49. The number of aromatic nitrogens is 2. The van der Waals surface area contributed by atoms with Crippen molar-refractivity contribution < 1.29 is 14.6 Å². The lowest BCUT2D eigenvalue weighted by molar-refractivity contribution is 0.392. The van der Waals surface area contributed by atoms with Crippen LogP contribution in [0.15, 0.2) is 32.9 Å². The molecule has 0 spiro atoms. The highest BCUT2D eigenvalue weighted by molar-refractivity contribution is 6.03. The zero-order valence-corrected chi connectivity index (χ0v) is 14.9. The van der Waals surface area contributed by atoms with Gasteiger partial charge in [0, 0.05) is 26.1 Å². The van der Waals surface area contributed by atoms with E-state index >= 15 is 0 Å². The van der Waals surface area contributed by atoms with Crippen molar-refractivity contribution in [3.05, 3.63) is 50.2 Å². The number of hydrogen-bond acceptors (Lipinski definition) is 7. The Balaban J connectivity index is 2.01. The van der Waals surface area contributed by atoms with Crippen LogP contribution >= 0.6 is 0 Å². The van der Waals surface area contributed by atoms with Crippen molar-refractivity contribution in [1.29, 1.82) is 0 Å². The van der Waals surface area contributed by atoms with E-state index < -0.39 is 17.1 Å². The number of nitrogens with zero attached hydrogens (tertiary/aromatic N) is 3. The molecule has 1 atom stereocenters. The molecule has 138 valence electrons. The first-order chi connectivity index (χ1) is 12.4. The van der Waals surface area contributed by atoms with Crippen LogP contribution in [-0.4, -0.2) is 34.2 Å². The first-order valence-electron chi connectivity index (χ1n) is 7.92. The number of rotatable bonds is 4. The summed E-state index contributed by atoms with van der Waals surface area (Å²) in [5.74, 6) is 0.908. The molecule has 2 aromatic rings. The second-order valence-electron chi connectivity index (χ2n) is 5.96. The van der Waals surface area contributed by atoms with Gasteiger partial charge in [-0.25, -0.2) is 4.79 Å². The Morgan fingerprint density at radius 2 is 1.92 bits per heavy atom. The summed E-state index contributed by atoms with van der Waals surface area (Å²) in [5, 5.41) is 14.5. The molecule has 0 saturated carbocycles. The molecule has 26 heavy (non-hydrogen) atoms. The van der Waals surface area contributed by atoms with Gasteiger partial charge in [-0.05, 0) is 18.2 Å². The van der Waals surface area contributed by atoms with E-state index in [4.69, 9.17) is 9.47 Å². The van der Waals surface area contributed by atoms with Crippen LogP contribution < -0.4 is 26.1 Å². The molecule has 1 aliphatic heterocycles. The predicted octanol–water partition coefficient (Wildman–Crippen LogP) is 0.245. The van der Waals surface area contributed by atoms with E-state index in [0.29, 0.717) is 23.6 Å². The number of nitrogens with one attached hydrogen (secondary N) is 1. The van der Waals surface area contributed by atoms with Crippen molar-refractivity contribution in [2.45, 2.75) is 12.5 Å². The van der Waals surface area contributed by atoms with Crippen molar-refractivity contribution in [2.75, 3.05) is 14.2 Å². The minimum absolute atomic E-state index is 0.00598. The smallest absolute Gasteiger partial charge is 0.333 e. The van der Waals surface area contributed by atoms with Gasteiger partial charge in [0.05, 0.1) is 26.0 Å². The summed E-state index contributed by atoms with van der Waals surface area (Å²) >= 11 is 0. The SMILES string of the molecule is COc1ccc(OC)c([C@@H]2CC(c3c(O)n(C)c(=O)n(C)c3=O)=NN2)c1. The molecule has 0 fully saturated rings. The Labute approximate surface area is 149 Å². The van der Waals surface area contributed by atoms with Crippen LogP contribution in [0.25, 0.3) is 0 Å². The van der Waals surface area contributed by atoms with E-state index in [1.807, 2.05) is 6.07 Å². The van der Waals surface area contributed by atoms with Crippen LogP contribution in [0.4, 0.5) is 0 Å². The van der Waals surface area contributed by atoms with Crippen molar-refractivity contribution in [3.63, 3.8) is 0 Å². The molecule has 2 heterocycles. The number of aromatic hydroxyl groups is 1. The highest BCUT2D eigenvalue weighted by Gasteiger charge is 2.29. The average Bonchev–Trinajstić information content (AvgIpc) is 3.13. The topological polar surface area (TPSA) is 107 Å². The summed E-state index contributed by atoms with van der Waals surface area (Å²) in [6.07, 6.45) is 0.338. The maximum Gasteiger partial charge on any atom is 0.333 e. The van der Waals surface area contributed by atoms with Gasteiger partial charge in [-0.1, -0.05) is 0 Å². The minimum Gasteiger partial charge on any atom is -0.497 e. The van der Waals surface area contributed by atoms with Gasteiger partial charge in [0.25, 0.3) is 5.56 Å². The summed E-state index contributed by atoms with van der Waals surface area (Å²) in [7, 11) is 5.89. The van der Waals surface area contributed by atoms with Crippen LogP contribution in [0.2, 0.25) is 0 Å². The summed E-state index contributed by atoms with van der Waals surface area (Å²) < 4.78 is 12.6. The molecule has 2 N–H and O–H groups in total. The number of hydrogen-bond donors (Lipinski definition) is 2. The molecule has 9 nitrogen and oxygen atoms in total. The third kappa shape index (κ3) is 2.71. The van der Waals surface area contributed by atoms with E-state index in [9.17, 15) is 14.7 Å². The Bertz CT molecular complexity index is 1010. The fourth-order valence-corrected chi connectivity index (χ4v) is 2.98. The fraction of sp³-hybridized carbons (Fsp3) is 0.353. The van der Waals surface area contributed by atoms with Crippen molar-refractivity contribution in [3.8, 4) is 17.4 Å². The lowest BCUT2D eigenvalue weighted by atomic mass is 9.99. The second-order valence-corrected chi connectivity index (χ2v) is 5.96. The number of benzene rings is 1. The fourth-order valence-electron chi connectivity index (χ4n) is 2.98. The van der Waals surface area contributed by atoms with Gasteiger partial charge in [0.2, 0.25) is 5.88 Å². The van der Waals surface area contributed by atoms with Gasteiger partial charge in [-0.15, -0.1) is 0 Å². The van der Waals surface area contributed by atoms with Gasteiger partial charge in [-0.3, -0.25) is 13.9 Å². The molecule has 0 saturated heterocycles. The molecule has 1 aliphatic rings. The third-order valence-corrected chi connectivity index (χ3v) is 4.49. The first kappa shape index (κ1) is 17.6. The zero-order valence-electron chi connectivity index (χ0n) is 14.9. The Hall–Kier alpha value is -3.23. The molecule has 0 bridgehead atoms. The quantitative estimate of drug-likeness (QED) is 0.809. The molecule has 1 aromatic carbocycles. The van der Waals surface area contributed by atoms with E-state index in [0.717, 1.165) is 14.7 Å². The molecule has 0 unspecified atom stereocenters. The highest BCUT2D eigenvalue weighted by atomic mass is 16.5. The molecule has 9 heteroatoms. The largest absolute Gasteiger partial charge is 0.497 e. The monoisotopic (exact) mass is 360 g/mol. The number of hydrazone groups is 1. The van der Waals surface area contributed by atoms with Crippen molar-refractivity contribution in [2.24, 2.45) is 19.2 Å².